The summed E-state index contributed by atoms with van der Waals surface area (Å²) in [5.74, 6) is 0. The van der Waals surface area contributed by atoms with Gasteiger partial charge < -0.3 is 5.32 Å². The van der Waals surface area contributed by atoms with E-state index in [0.717, 1.165) is 37.3 Å². The molecule has 1 fully saturated rings. The lowest BCUT2D eigenvalue weighted by molar-refractivity contribution is 0.149. The van der Waals surface area contributed by atoms with Gasteiger partial charge in [-0.25, -0.2) is 0 Å². The Balaban J connectivity index is 2.16. The Morgan fingerprint density at radius 2 is 1.33 bits per heavy atom. The predicted molar refractivity (Wildman–Crippen MR) is 83.7 cm³/mol. The van der Waals surface area contributed by atoms with E-state index >= 15 is 0 Å². The van der Waals surface area contributed by atoms with E-state index in [-0.39, 0.29) is 0 Å². The largest absolute Gasteiger partial charge is 0.314 e. The van der Waals surface area contributed by atoms with Crippen molar-refractivity contribution in [2.24, 2.45) is 0 Å². The Hall–Kier alpha value is -2.15. The Labute approximate surface area is 125 Å². The third-order valence-corrected chi connectivity index (χ3v) is 4.14. The van der Waals surface area contributed by atoms with Gasteiger partial charge in [0, 0.05) is 26.2 Å². The molecule has 0 aliphatic carbocycles. The van der Waals surface area contributed by atoms with Gasteiger partial charge in [0.2, 0.25) is 0 Å². The normalized spacial score (nSPS) is 16.3. The van der Waals surface area contributed by atoms with Crippen LogP contribution in [0.15, 0.2) is 60.7 Å². The monoisotopic (exact) mass is 277 g/mol. The second-order valence-corrected chi connectivity index (χ2v) is 5.29. The van der Waals surface area contributed by atoms with E-state index in [0.29, 0.717) is 0 Å². The number of piperazine rings is 1. The molecular formula is C18H19N3. The van der Waals surface area contributed by atoms with Gasteiger partial charge in [0.05, 0.1) is 6.07 Å². The van der Waals surface area contributed by atoms with Crippen molar-refractivity contribution in [1.29, 1.82) is 5.26 Å². The Morgan fingerprint density at radius 3 is 1.76 bits per heavy atom. The first-order valence-electron chi connectivity index (χ1n) is 7.36. The van der Waals surface area contributed by atoms with Crippen molar-refractivity contribution < 1.29 is 0 Å². The fraction of sp³-hybridized carbons (Fsp3) is 0.278. The molecule has 1 heterocycles. The van der Waals surface area contributed by atoms with Crippen molar-refractivity contribution in [3.05, 3.63) is 71.8 Å². The van der Waals surface area contributed by atoms with Crippen LogP contribution in [0.25, 0.3) is 0 Å². The Morgan fingerprint density at radius 1 is 0.857 bits per heavy atom. The molecule has 3 heteroatoms. The van der Waals surface area contributed by atoms with Crippen LogP contribution in [0.5, 0.6) is 0 Å². The van der Waals surface area contributed by atoms with Gasteiger partial charge in [-0.15, -0.1) is 0 Å². The third-order valence-electron chi connectivity index (χ3n) is 4.14. The standard InChI is InChI=1S/C18H19N3/c19-15-18(16-7-3-1-4-8-16,17-9-5-2-6-10-17)21-13-11-20-12-14-21/h1-10,20H,11-14H2. The number of nitrogens with zero attached hydrogens (tertiary/aromatic N) is 2. The first-order chi connectivity index (χ1) is 10.4. The molecule has 0 unspecified atom stereocenters. The van der Waals surface area contributed by atoms with Crippen LogP contribution in [0.2, 0.25) is 0 Å². The summed E-state index contributed by atoms with van der Waals surface area (Å²) >= 11 is 0. The molecule has 0 spiro atoms. The highest BCUT2D eigenvalue weighted by Gasteiger charge is 2.41. The molecule has 2 aromatic carbocycles. The molecule has 1 saturated heterocycles. The van der Waals surface area contributed by atoms with E-state index in [9.17, 15) is 5.26 Å². The van der Waals surface area contributed by atoms with Crippen molar-refractivity contribution in [3.63, 3.8) is 0 Å². The summed E-state index contributed by atoms with van der Waals surface area (Å²) in [7, 11) is 0. The van der Waals surface area contributed by atoms with Crippen LogP contribution in [0.1, 0.15) is 11.1 Å². The molecule has 1 aliphatic rings. The SMILES string of the molecule is N#CC(c1ccccc1)(c1ccccc1)N1CCNCC1. The van der Waals surface area contributed by atoms with E-state index in [4.69, 9.17) is 0 Å². The molecule has 0 saturated carbocycles. The van der Waals surface area contributed by atoms with Gasteiger partial charge in [-0.05, 0) is 11.1 Å². The molecule has 0 amide bonds. The Bertz CT molecular complexity index is 570. The van der Waals surface area contributed by atoms with Crippen LogP contribution >= 0.6 is 0 Å². The quantitative estimate of drug-likeness (QED) is 0.936. The molecule has 0 aromatic heterocycles. The number of rotatable bonds is 3. The van der Waals surface area contributed by atoms with E-state index in [1.807, 2.05) is 36.4 Å². The average Bonchev–Trinajstić information content (AvgIpc) is 2.59. The number of nitrogens with one attached hydrogen (secondary N) is 1. The minimum atomic E-state index is -0.704. The summed E-state index contributed by atoms with van der Waals surface area (Å²) in [6.45, 7) is 3.58. The van der Waals surface area contributed by atoms with Crippen LogP contribution in [0.4, 0.5) is 0 Å². The fourth-order valence-corrected chi connectivity index (χ4v) is 3.09. The van der Waals surface area contributed by atoms with E-state index in [1.54, 1.807) is 0 Å². The second kappa shape index (κ2) is 6.09. The first-order valence-corrected chi connectivity index (χ1v) is 7.36. The second-order valence-electron chi connectivity index (χ2n) is 5.29. The van der Waals surface area contributed by atoms with Crippen LogP contribution in [-0.2, 0) is 5.54 Å². The van der Waals surface area contributed by atoms with Crippen LogP contribution in [0.3, 0.4) is 0 Å². The molecule has 106 valence electrons. The van der Waals surface area contributed by atoms with Gasteiger partial charge in [0.1, 0.15) is 0 Å². The fourth-order valence-electron chi connectivity index (χ4n) is 3.09. The summed E-state index contributed by atoms with van der Waals surface area (Å²) in [6.07, 6.45) is 0. The lowest BCUT2D eigenvalue weighted by Gasteiger charge is -2.42. The average molecular weight is 277 g/mol. The molecule has 0 bridgehead atoms. The Kier molecular flexibility index (Phi) is 4.01. The van der Waals surface area contributed by atoms with Gasteiger partial charge in [-0.1, -0.05) is 60.7 Å². The van der Waals surface area contributed by atoms with E-state index in [1.165, 1.54) is 0 Å². The topological polar surface area (TPSA) is 39.1 Å². The van der Waals surface area contributed by atoms with E-state index in [2.05, 4.69) is 40.6 Å². The van der Waals surface area contributed by atoms with Gasteiger partial charge >= 0.3 is 0 Å². The smallest absolute Gasteiger partial charge is 0.160 e. The number of hydrogen-bond acceptors (Lipinski definition) is 3. The highest BCUT2D eigenvalue weighted by molar-refractivity contribution is 5.45. The molecule has 0 atom stereocenters. The zero-order chi connectivity index (χ0) is 14.5. The zero-order valence-corrected chi connectivity index (χ0v) is 12.0. The summed E-state index contributed by atoms with van der Waals surface area (Å²) in [5.41, 5.74) is 1.38. The highest BCUT2D eigenvalue weighted by atomic mass is 15.2. The van der Waals surface area contributed by atoms with Crippen molar-refractivity contribution >= 4 is 0 Å². The maximum atomic E-state index is 10.1. The van der Waals surface area contributed by atoms with Gasteiger partial charge in [-0.3, -0.25) is 4.90 Å². The number of nitriles is 1. The van der Waals surface area contributed by atoms with Gasteiger partial charge in [0.25, 0.3) is 0 Å². The van der Waals surface area contributed by atoms with Crippen molar-refractivity contribution in [2.75, 3.05) is 26.2 Å². The molecule has 1 aliphatic heterocycles. The summed E-state index contributed by atoms with van der Waals surface area (Å²) in [5, 5.41) is 13.5. The molecule has 0 radical (unpaired) electrons. The van der Waals surface area contributed by atoms with Crippen molar-refractivity contribution in [3.8, 4) is 6.07 Å². The van der Waals surface area contributed by atoms with Crippen LogP contribution in [0, 0.1) is 11.3 Å². The maximum Gasteiger partial charge on any atom is 0.160 e. The first kappa shape index (κ1) is 13.8. The van der Waals surface area contributed by atoms with Crippen molar-refractivity contribution in [2.45, 2.75) is 5.54 Å². The minimum Gasteiger partial charge on any atom is -0.314 e. The molecule has 3 rings (SSSR count). The number of hydrogen-bond donors (Lipinski definition) is 1. The lowest BCUT2D eigenvalue weighted by atomic mass is 9.82. The summed E-state index contributed by atoms with van der Waals surface area (Å²) < 4.78 is 0. The van der Waals surface area contributed by atoms with Crippen molar-refractivity contribution in [1.82, 2.24) is 10.2 Å². The van der Waals surface area contributed by atoms with Crippen LogP contribution < -0.4 is 5.32 Å². The molecule has 21 heavy (non-hydrogen) atoms. The number of benzene rings is 2. The molecular weight excluding hydrogens is 258 g/mol. The maximum absolute atomic E-state index is 10.1. The minimum absolute atomic E-state index is 0.704. The molecule has 2 aromatic rings. The third kappa shape index (κ3) is 2.44. The van der Waals surface area contributed by atoms with Gasteiger partial charge in [0.15, 0.2) is 5.54 Å². The lowest BCUT2D eigenvalue weighted by Crippen LogP contribution is -2.54. The zero-order valence-electron chi connectivity index (χ0n) is 12.0. The van der Waals surface area contributed by atoms with Gasteiger partial charge in [-0.2, -0.15) is 5.26 Å². The molecule has 1 N–H and O–H groups in total. The van der Waals surface area contributed by atoms with Crippen LogP contribution in [-0.4, -0.2) is 31.1 Å². The predicted octanol–water partition coefficient (Wildman–Crippen LogP) is 2.36. The molecule has 3 nitrogen and oxygen atoms in total. The summed E-state index contributed by atoms with van der Waals surface area (Å²) in [6, 6.07) is 22.8. The highest BCUT2D eigenvalue weighted by Crippen LogP contribution is 2.35. The van der Waals surface area contributed by atoms with E-state index < -0.39 is 5.54 Å². The summed E-state index contributed by atoms with van der Waals surface area (Å²) in [4.78, 5) is 2.29.